The van der Waals surface area contributed by atoms with E-state index < -0.39 is 10.8 Å². The summed E-state index contributed by atoms with van der Waals surface area (Å²) in [4.78, 5) is 4.97. The van der Waals surface area contributed by atoms with Gasteiger partial charge in [0.05, 0.1) is 16.5 Å². The van der Waals surface area contributed by atoms with Gasteiger partial charge < -0.3 is 9.80 Å². The van der Waals surface area contributed by atoms with Crippen molar-refractivity contribution >= 4 is 44.9 Å². The highest BCUT2D eigenvalue weighted by Crippen LogP contribution is 2.67. The molecule has 0 N–H and O–H groups in total. The van der Waals surface area contributed by atoms with Gasteiger partial charge in [0.1, 0.15) is 0 Å². The Bertz CT molecular complexity index is 4050. The molecule has 15 rings (SSSR count). The van der Waals surface area contributed by atoms with Crippen molar-refractivity contribution in [2.45, 2.75) is 10.8 Å². The summed E-state index contributed by atoms with van der Waals surface area (Å²) >= 11 is 0. The van der Waals surface area contributed by atoms with Crippen molar-refractivity contribution in [3.05, 3.63) is 336 Å². The second-order valence-electron chi connectivity index (χ2n) is 19.9. The summed E-state index contributed by atoms with van der Waals surface area (Å²) < 4.78 is 0. The fourth-order valence-corrected chi connectivity index (χ4v) is 13.5. The lowest BCUT2D eigenvalue weighted by Gasteiger charge is -2.37. The Labute approximate surface area is 432 Å². The molecular weight excluding hydrogens is 893 g/mol. The summed E-state index contributed by atoms with van der Waals surface area (Å²) in [5.74, 6) is 0. The Morgan fingerprint density at radius 3 is 1.09 bits per heavy atom. The molecule has 0 aromatic heterocycles. The minimum absolute atomic E-state index is 0.481. The Kier molecular flexibility index (Phi) is 9.43. The molecule has 0 heterocycles. The molecule has 0 fully saturated rings. The van der Waals surface area contributed by atoms with Crippen LogP contribution in [0.15, 0.2) is 291 Å². The van der Waals surface area contributed by atoms with E-state index in [2.05, 4.69) is 301 Å². The molecule has 1 atom stereocenters. The molecule has 2 heteroatoms. The zero-order chi connectivity index (χ0) is 48.8. The molecule has 3 aliphatic rings. The van der Waals surface area contributed by atoms with E-state index in [1.807, 2.05) is 0 Å². The summed E-state index contributed by atoms with van der Waals surface area (Å²) in [5, 5.41) is 2.43. The van der Waals surface area contributed by atoms with Crippen LogP contribution in [0.3, 0.4) is 0 Å². The smallest absolute Gasteiger partial charge is 0.0746 e. The first-order valence-corrected chi connectivity index (χ1v) is 25.8. The number of rotatable bonds is 8. The zero-order valence-corrected chi connectivity index (χ0v) is 40.6. The fraction of sp³-hybridized carbons (Fsp3) is 0.0278. The van der Waals surface area contributed by atoms with E-state index in [4.69, 9.17) is 0 Å². The van der Waals surface area contributed by atoms with Crippen molar-refractivity contribution in [3.63, 3.8) is 0 Å². The number of fused-ring (bicyclic) bond motifs is 14. The van der Waals surface area contributed by atoms with Crippen molar-refractivity contribution in [1.82, 2.24) is 0 Å². The van der Waals surface area contributed by atoms with Crippen molar-refractivity contribution in [1.29, 1.82) is 0 Å². The van der Waals surface area contributed by atoms with Crippen LogP contribution in [0, 0.1) is 0 Å². The van der Waals surface area contributed by atoms with Gasteiger partial charge in [-0.1, -0.05) is 224 Å². The van der Waals surface area contributed by atoms with Gasteiger partial charge in [0.25, 0.3) is 0 Å². The van der Waals surface area contributed by atoms with Crippen LogP contribution in [0.25, 0.3) is 44.2 Å². The Hall–Kier alpha value is -9.50. The van der Waals surface area contributed by atoms with E-state index in [0.29, 0.717) is 0 Å². The van der Waals surface area contributed by atoms with Gasteiger partial charge in [-0.05, 0) is 144 Å². The van der Waals surface area contributed by atoms with Gasteiger partial charge in [-0.3, -0.25) is 0 Å². The maximum Gasteiger partial charge on any atom is 0.0746 e. The van der Waals surface area contributed by atoms with Gasteiger partial charge >= 0.3 is 0 Å². The maximum absolute atomic E-state index is 2.51. The predicted molar refractivity (Wildman–Crippen MR) is 307 cm³/mol. The van der Waals surface area contributed by atoms with Crippen molar-refractivity contribution < 1.29 is 0 Å². The van der Waals surface area contributed by atoms with E-state index in [9.17, 15) is 0 Å². The minimum Gasteiger partial charge on any atom is -0.310 e. The van der Waals surface area contributed by atoms with Crippen LogP contribution in [0.2, 0.25) is 0 Å². The van der Waals surface area contributed by atoms with Gasteiger partial charge in [-0.25, -0.2) is 0 Å². The molecule has 74 heavy (non-hydrogen) atoms. The summed E-state index contributed by atoms with van der Waals surface area (Å²) in [5.41, 5.74) is 23.5. The average Bonchev–Trinajstić information content (AvgIpc) is 4.07. The van der Waals surface area contributed by atoms with E-state index >= 15 is 0 Å². The van der Waals surface area contributed by atoms with Crippen LogP contribution in [0.4, 0.5) is 34.1 Å². The SMILES string of the molecule is c1ccc(N(c2ccc3c(c2)-c2ccccc2C3(c2ccccc2)c2ccccc2)c2ccc3c(c2)-c2ccccc2C32c3ccccc3-c3cc4ccccc4c(N(c4ccccc4)c4ccccc4)c32)cc1. The Morgan fingerprint density at radius 2 is 0.595 bits per heavy atom. The van der Waals surface area contributed by atoms with E-state index in [-0.39, 0.29) is 0 Å². The van der Waals surface area contributed by atoms with Crippen LogP contribution < -0.4 is 9.80 Å². The number of para-hydroxylation sites is 3. The average molecular weight is 941 g/mol. The topological polar surface area (TPSA) is 6.48 Å². The number of hydrogen-bond donors (Lipinski definition) is 0. The third-order valence-corrected chi connectivity index (χ3v) is 16.3. The van der Waals surface area contributed by atoms with Crippen molar-refractivity contribution in [3.8, 4) is 33.4 Å². The Morgan fingerprint density at radius 1 is 0.230 bits per heavy atom. The van der Waals surface area contributed by atoms with Gasteiger partial charge in [0.15, 0.2) is 0 Å². The van der Waals surface area contributed by atoms with E-state index in [0.717, 1.165) is 28.4 Å². The molecule has 1 spiro atoms. The first-order chi connectivity index (χ1) is 36.7. The van der Waals surface area contributed by atoms with E-state index in [1.54, 1.807) is 0 Å². The highest BCUT2D eigenvalue weighted by molar-refractivity contribution is 6.10. The maximum atomic E-state index is 2.51. The molecule has 346 valence electrons. The lowest BCUT2D eigenvalue weighted by molar-refractivity contribution is 0.768. The summed E-state index contributed by atoms with van der Waals surface area (Å²) in [6.07, 6.45) is 0. The quantitative estimate of drug-likeness (QED) is 0.150. The number of nitrogens with zero attached hydrogens (tertiary/aromatic N) is 2. The molecule has 1 unspecified atom stereocenters. The zero-order valence-electron chi connectivity index (χ0n) is 40.6. The second kappa shape index (κ2) is 16.5. The third-order valence-electron chi connectivity index (χ3n) is 16.3. The molecule has 3 aliphatic carbocycles. The first kappa shape index (κ1) is 42.2. The van der Waals surface area contributed by atoms with Crippen molar-refractivity contribution in [2.24, 2.45) is 0 Å². The number of anilines is 6. The standard InChI is InChI=1S/C72H48N2/c1-6-25-50(26-7-1)71(51-27-8-2-9-28-51)64-39-21-18-36-58(64)61-47-55(42-44-67(61)71)73(52-29-10-3-11-30-52)56-43-45-68-62(48-56)59-37-19-22-40-65(59)72(68)66-41-23-20-38-60(66)63-46-49-24-16-17-35-57(49)70(69(63)72)74(53-31-12-4-13-32-53)54-33-14-5-15-34-54/h1-48H. The van der Waals surface area contributed by atoms with Crippen LogP contribution >= 0.6 is 0 Å². The molecule has 0 radical (unpaired) electrons. The van der Waals surface area contributed by atoms with Gasteiger partial charge in [0, 0.05) is 39.4 Å². The minimum atomic E-state index is -0.634. The van der Waals surface area contributed by atoms with Gasteiger partial charge in [0.2, 0.25) is 0 Å². The summed E-state index contributed by atoms with van der Waals surface area (Å²) in [7, 11) is 0. The summed E-state index contributed by atoms with van der Waals surface area (Å²) in [6.45, 7) is 0. The third kappa shape index (κ3) is 5.88. The normalized spacial score (nSPS) is 14.9. The van der Waals surface area contributed by atoms with Crippen LogP contribution in [0.1, 0.15) is 44.5 Å². The number of hydrogen-bond acceptors (Lipinski definition) is 2. The molecular formula is C72H48N2. The molecule has 2 nitrogen and oxygen atoms in total. The fourth-order valence-electron chi connectivity index (χ4n) is 13.5. The van der Waals surface area contributed by atoms with Gasteiger partial charge in [-0.2, -0.15) is 0 Å². The van der Waals surface area contributed by atoms with E-state index in [1.165, 1.54) is 94.3 Å². The molecule has 0 bridgehead atoms. The molecule has 12 aromatic rings. The monoisotopic (exact) mass is 940 g/mol. The van der Waals surface area contributed by atoms with Crippen LogP contribution in [0.5, 0.6) is 0 Å². The first-order valence-electron chi connectivity index (χ1n) is 25.8. The number of benzene rings is 12. The van der Waals surface area contributed by atoms with Crippen LogP contribution in [-0.2, 0) is 10.8 Å². The molecule has 0 aliphatic heterocycles. The lowest BCUT2D eigenvalue weighted by atomic mass is 9.68. The van der Waals surface area contributed by atoms with Crippen molar-refractivity contribution in [2.75, 3.05) is 9.80 Å². The van der Waals surface area contributed by atoms with Crippen LogP contribution in [-0.4, -0.2) is 0 Å². The highest BCUT2D eigenvalue weighted by Gasteiger charge is 2.54. The molecule has 0 amide bonds. The summed E-state index contributed by atoms with van der Waals surface area (Å²) in [6, 6.07) is 108. The molecule has 12 aromatic carbocycles. The Balaban J connectivity index is 0.984. The predicted octanol–water partition coefficient (Wildman–Crippen LogP) is 18.5. The molecule has 0 saturated carbocycles. The highest BCUT2D eigenvalue weighted by atomic mass is 15.2. The second-order valence-corrected chi connectivity index (χ2v) is 19.9. The molecule has 0 saturated heterocycles. The lowest BCUT2D eigenvalue weighted by Crippen LogP contribution is -2.28. The van der Waals surface area contributed by atoms with Gasteiger partial charge in [-0.15, -0.1) is 0 Å². The largest absolute Gasteiger partial charge is 0.310 e.